The van der Waals surface area contributed by atoms with Gasteiger partial charge in [0.25, 0.3) is 11.8 Å². The molecule has 1 amide bonds. The number of benzene rings is 2. The number of carboxylic acids is 1. The molecule has 28 heavy (non-hydrogen) atoms. The number of carbonyl (C=O) groups is 2. The van der Waals surface area contributed by atoms with Crippen LogP contribution in [-0.2, 0) is 10.2 Å². The van der Waals surface area contributed by atoms with Crippen molar-refractivity contribution in [1.82, 2.24) is 4.90 Å². The van der Waals surface area contributed by atoms with Crippen LogP contribution in [0.15, 0.2) is 48.5 Å². The first-order valence-corrected chi connectivity index (χ1v) is 9.22. The number of carbonyl (C=O) groups excluding carboxylic acids is 1. The number of piperidine rings is 1. The Labute approximate surface area is 162 Å². The minimum atomic E-state index is -2.74. The fourth-order valence-electron chi connectivity index (χ4n) is 3.31. The van der Waals surface area contributed by atoms with Gasteiger partial charge in [-0.05, 0) is 36.6 Å². The smallest absolute Gasteiger partial charge is 0.313 e. The van der Waals surface area contributed by atoms with Gasteiger partial charge in [0.1, 0.15) is 0 Å². The third kappa shape index (κ3) is 3.91. The van der Waals surface area contributed by atoms with E-state index < -0.39 is 17.3 Å². The van der Waals surface area contributed by atoms with Crippen LogP contribution < -0.4 is 0 Å². The molecule has 1 aliphatic heterocycles. The molecule has 148 valence electrons. The summed E-state index contributed by atoms with van der Waals surface area (Å²) in [7, 11) is 0. The maximum Gasteiger partial charge on any atom is 0.313 e. The van der Waals surface area contributed by atoms with Crippen molar-refractivity contribution in [3.05, 3.63) is 59.7 Å². The van der Waals surface area contributed by atoms with Crippen LogP contribution in [0.4, 0.5) is 8.78 Å². The topological polar surface area (TPSA) is 57.6 Å². The highest BCUT2D eigenvalue weighted by atomic mass is 19.3. The summed E-state index contributed by atoms with van der Waals surface area (Å²) in [5.74, 6) is -4.10. The summed E-state index contributed by atoms with van der Waals surface area (Å²) < 4.78 is 27.0. The van der Waals surface area contributed by atoms with Crippen molar-refractivity contribution >= 4 is 11.9 Å². The van der Waals surface area contributed by atoms with Crippen LogP contribution in [-0.4, -0.2) is 40.9 Å². The zero-order valence-corrected chi connectivity index (χ0v) is 15.9. The third-order valence-corrected chi connectivity index (χ3v) is 5.37. The Morgan fingerprint density at radius 1 is 1.04 bits per heavy atom. The lowest BCUT2D eigenvalue weighted by atomic mass is 9.82. The molecule has 1 aliphatic rings. The molecule has 0 aromatic heterocycles. The molecule has 3 rings (SSSR count). The first kappa shape index (κ1) is 20.0. The minimum absolute atomic E-state index is 0.0212. The Bertz CT molecular complexity index is 884. The number of likely N-dealkylation sites (tertiary alicyclic amines) is 1. The highest BCUT2D eigenvalue weighted by Gasteiger charge is 2.37. The molecule has 0 atom stereocenters. The van der Waals surface area contributed by atoms with Crippen molar-refractivity contribution in [2.45, 2.75) is 38.0 Å². The molecule has 2 aromatic rings. The number of rotatable bonds is 4. The van der Waals surface area contributed by atoms with E-state index in [0.717, 1.165) is 5.56 Å². The van der Waals surface area contributed by atoms with Crippen molar-refractivity contribution in [2.24, 2.45) is 0 Å². The van der Waals surface area contributed by atoms with Crippen LogP contribution in [0.5, 0.6) is 0 Å². The molecule has 0 radical (unpaired) electrons. The van der Waals surface area contributed by atoms with E-state index in [9.17, 15) is 23.5 Å². The molecule has 1 saturated heterocycles. The lowest BCUT2D eigenvalue weighted by Crippen LogP contribution is -2.43. The van der Waals surface area contributed by atoms with Crippen LogP contribution in [0.25, 0.3) is 11.1 Å². The third-order valence-electron chi connectivity index (χ3n) is 5.37. The predicted molar refractivity (Wildman–Crippen MR) is 103 cm³/mol. The van der Waals surface area contributed by atoms with Gasteiger partial charge in [0.05, 0.1) is 5.41 Å². The van der Waals surface area contributed by atoms with Crippen molar-refractivity contribution in [1.29, 1.82) is 0 Å². The Balaban J connectivity index is 2.05. The molecule has 0 spiro atoms. The first-order chi connectivity index (χ1) is 13.1. The number of aliphatic carboxylic acids is 1. The largest absolute Gasteiger partial charge is 0.481 e. The fourth-order valence-corrected chi connectivity index (χ4v) is 3.31. The van der Waals surface area contributed by atoms with Gasteiger partial charge in [0.15, 0.2) is 0 Å². The number of amides is 1. The quantitative estimate of drug-likeness (QED) is 0.835. The van der Waals surface area contributed by atoms with Gasteiger partial charge in [0, 0.05) is 31.5 Å². The molecule has 1 N–H and O–H groups in total. The number of carboxylic acid groups (broad SMARTS) is 1. The molecule has 4 nitrogen and oxygen atoms in total. The standard InChI is InChI=1S/C22H23F2NO3/c1-21(2,20(27)28)16-8-9-17(15-6-4-3-5-7-15)18(14-16)19(26)25-12-10-22(23,24)11-13-25/h3-9,14H,10-13H2,1-2H3,(H,27,28). The summed E-state index contributed by atoms with van der Waals surface area (Å²) in [5, 5.41) is 9.54. The lowest BCUT2D eigenvalue weighted by Gasteiger charge is -2.32. The number of nitrogens with zero attached hydrogens (tertiary/aromatic N) is 1. The summed E-state index contributed by atoms with van der Waals surface area (Å²) in [5.41, 5.74) is 1.12. The van der Waals surface area contributed by atoms with E-state index in [1.165, 1.54) is 4.90 Å². The average Bonchev–Trinajstić information content (AvgIpc) is 2.67. The SMILES string of the molecule is CC(C)(C(=O)O)c1ccc(-c2ccccc2)c(C(=O)N2CCC(F)(F)CC2)c1. The normalized spacial score (nSPS) is 16.6. The van der Waals surface area contributed by atoms with Crippen molar-refractivity contribution in [3.8, 4) is 11.1 Å². The van der Waals surface area contributed by atoms with E-state index in [4.69, 9.17) is 0 Å². The summed E-state index contributed by atoms with van der Waals surface area (Å²) >= 11 is 0. The Morgan fingerprint density at radius 2 is 1.64 bits per heavy atom. The van der Waals surface area contributed by atoms with E-state index >= 15 is 0 Å². The number of halogens is 2. The van der Waals surface area contributed by atoms with Crippen LogP contribution in [0.3, 0.4) is 0 Å². The van der Waals surface area contributed by atoms with Crippen LogP contribution in [0.1, 0.15) is 42.6 Å². The van der Waals surface area contributed by atoms with Crippen LogP contribution in [0.2, 0.25) is 0 Å². The predicted octanol–water partition coefficient (Wildman–Crippen LogP) is 4.59. The molecule has 1 heterocycles. The number of hydrogen-bond acceptors (Lipinski definition) is 2. The van der Waals surface area contributed by atoms with Gasteiger partial charge in [-0.15, -0.1) is 0 Å². The monoisotopic (exact) mass is 387 g/mol. The molecule has 2 aromatic carbocycles. The maximum absolute atomic E-state index is 13.5. The summed E-state index contributed by atoms with van der Waals surface area (Å²) in [6.45, 7) is 3.10. The second kappa shape index (κ2) is 7.34. The highest BCUT2D eigenvalue weighted by molar-refractivity contribution is 6.01. The zero-order chi connectivity index (χ0) is 20.5. The highest BCUT2D eigenvalue weighted by Crippen LogP contribution is 2.33. The Morgan fingerprint density at radius 3 is 2.21 bits per heavy atom. The lowest BCUT2D eigenvalue weighted by molar-refractivity contribution is -0.142. The van der Waals surface area contributed by atoms with Gasteiger partial charge >= 0.3 is 5.97 Å². The van der Waals surface area contributed by atoms with Gasteiger partial charge in [-0.2, -0.15) is 0 Å². The Kier molecular flexibility index (Phi) is 5.24. The molecule has 0 saturated carbocycles. The number of hydrogen-bond donors (Lipinski definition) is 1. The first-order valence-electron chi connectivity index (χ1n) is 9.22. The molecular weight excluding hydrogens is 364 g/mol. The Hall–Kier alpha value is -2.76. The van der Waals surface area contributed by atoms with Gasteiger partial charge in [-0.25, -0.2) is 8.78 Å². The molecule has 1 fully saturated rings. The molecule has 0 unspecified atom stereocenters. The van der Waals surface area contributed by atoms with Gasteiger partial charge < -0.3 is 10.0 Å². The molecule has 0 bridgehead atoms. The molecule has 0 aliphatic carbocycles. The van der Waals surface area contributed by atoms with Gasteiger partial charge in [-0.3, -0.25) is 9.59 Å². The van der Waals surface area contributed by atoms with E-state index in [2.05, 4.69) is 0 Å². The van der Waals surface area contributed by atoms with E-state index in [1.54, 1.807) is 32.0 Å². The van der Waals surface area contributed by atoms with Crippen molar-refractivity contribution in [3.63, 3.8) is 0 Å². The second-order valence-corrected chi connectivity index (χ2v) is 7.70. The molecule has 6 heteroatoms. The summed E-state index contributed by atoms with van der Waals surface area (Å²) in [6.07, 6.45) is -0.723. The minimum Gasteiger partial charge on any atom is -0.481 e. The van der Waals surface area contributed by atoms with E-state index in [1.807, 2.05) is 30.3 Å². The summed E-state index contributed by atoms with van der Waals surface area (Å²) in [4.78, 5) is 26.3. The summed E-state index contributed by atoms with van der Waals surface area (Å²) in [6, 6.07) is 14.3. The van der Waals surface area contributed by atoms with Crippen molar-refractivity contribution in [2.75, 3.05) is 13.1 Å². The van der Waals surface area contributed by atoms with E-state index in [0.29, 0.717) is 16.7 Å². The maximum atomic E-state index is 13.5. The average molecular weight is 387 g/mol. The van der Waals surface area contributed by atoms with Crippen molar-refractivity contribution < 1.29 is 23.5 Å². The second-order valence-electron chi connectivity index (χ2n) is 7.70. The van der Waals surface area contributed by atoms with Crippen LogP contribution >= 0.6 is 0 Å². The van der Waals surface area contributed by atoms with E-state index in [-0.39, 0.29) is 31.8 Å². The van der Waals surface area contributed by atoms with Gasteiger partial charge in [-0.1, -0.05) is 42.5 Å². The zero-order valence-electron chi connectivity index (χ0n) is 15.9. The molecular formula is C22H23F2NO3. The number of alkyl halides is 2. The van der Waals surface area contributed by atoms with Gasteiger partial charge in [0.2, 0.25) is 0 Å². The fraction of sp³-hybridized carbons (Fsp3) is 0.364. The van der Waals surface area contributed by atoms with Crippen LogP contribution in [0, 0.1) is 0 Å².